The summed E-state index contributed by atoms with van der Waals surface area (Å²) in [6.07, 6.45) is 10.6. The molecule has 7 nitrogen and oxygen atoms in total. The zero-order valence-electron chi connectivity index (χ0n) is 18.0. The van der Waals surface area contributed by atoms with Gasteiger partial charge in [-0.2, -0.15) is 0 Å². The minimum Gasteiger partial charge on any atom is -0.343 e. The van der Waals surface area contributed by atoms with E-state index in [1.54, 1.807) is 61.3 Å². The van der Waals surface area contributed by atoms with E-state index in [9.17, 15) is 9.18 Å². The van der Waals surface area contributed by atoms with E-state index in [0.717, 1.165) is 29.9 Å². The molecule has 5 rings (SSSR count). The maximum atomic E-state index is 13.9. The Morgan fingerprint density at radius 1 is 1.06 bits per heavy atom. The van der Waals surface area contributed by atoms with Crippen molar-refractivity contribution in [2.75, 3.05) is 13.1 Å². The second-order valence-corrected chi connectivity index (χ2v) is 8.12. The van der Waals surface area contributed by atoms with Crippen LogP contribution in [0.3, 0.4) is 0 Å². The van der Waals surface area contributed by atoms with Crippen LogP contribution in [0.25, 0.3) is 11.5 Å². The molecule has 33 heavy (non-hydrogen) atoms. The number of pyridine rings is 1. The monoisotopic (exact) mass is 442 g/mol. The number of aromatic amines is 1. The molecule has 0 spiro atoms. The fourth-order valence-electron chi connectivity index (χ4n) is 4.28. The molecule has 1 unspecified atom stereocenters. The van der Waals surface area contributed by atoms with E-state index in [2.05, 4.69) is 24.9 Å². The van der Waals surface area contributed by atoms with Crippen molar-refractivity contribution in [3.05, 3.63) is 95.7 Å². The average Bonchev–Trinajstić information content (AvgIpc) is 3.41. The molecular formula is C25H23FN6O. The Kier molecular flexibility index (Phi) is 5.89. The van der Waals surface area contributed by atoms with Crippen molar-refractivity contribution < 1.29 is 9.18 Å². The molecule has 1 aliphatic heterocycles. The Morgan fingerprint density at radius 3 is 2.73 bits per heavy atom. The van der Waals surface area contributed by atoms with Crippen LogP contribution in [0, 0.1) is 5.82 Å². The van der Waals surface area contributed by atoms with Crippen molar-refractivity contribution in [3.8, 4) is 11.5 Å². The Bertz CT molecular complexity index is 1240. The molecule has 1 atom stereocenters. The number of halogens is 1. The van der Waals surface area contributed by atoms with E-state index in [-0.39, 0.29) is 17.6 Å². The highest BCUT2D eigenvalue weighted by molar-refractivity contribution is 5.94. The third-order valence-corrected chi connectivity index (χ3v) is 5.95. The molecule has 1 aliphatic rings. The first-order valence-electron chi connectivity index (χ1n) is 11.0. The Morgan fingerprint density at radius 2 is 1.94 bits per heavy atom. The van der Waals surface area contributed by atoms with Crippen molar-refractivity contribution >= 4 is 5.91 Å². The van der Waals surface area contributed by atoms with Crippen LogP contribution in [0.1, 0.15) is 46.1 Å². The summed E-state index contributed by atoms with van der Waals surface area (Å²) in [7, 11) is 0. The third kappa shape index (κ3) is 4.50. The molecule has 166 valence electrons. The van der Waals surface area contributed by atoms with Crippen LogP contribution >= 0.6 is 0 Å². The number of hydrogen-bond donors (Lipinski definition) is 1. The number of nitrogens with one attached hydrogen (secondary N) is 1. The number of carbonyl (C=O) groups is 1. The highest BCUT2D eigenvalue weighted by Gasteiger charge is 2.29. The first-order chi connectivity index (χ1) is 16.2. The van der Waals surface area contributed by atoms with Gasteiger partial charge in [-0.15, -0.1) is 0 Å². The summed E-state index contributed by atoms with van der Waals surface area (Å²) >= 11 is 0. The molecule has 0 radical (unpaired) electrons. The second-order valence-electron chi connectivity index (χ2n) is 8.12. The first-order valence-corrected chi connectivity index (χ1v) is 11.0. The molecule has 0 bridgehead atoms. The van der Waals surface area contributed by atoms with Gasteiger partial charge in [-0.25, -0.2) is 14.4 Å². The van der Waals surface area contributed by atoms with Crippen LogP contribution < -0.4 is 0 Å². The topological polar surface area (TPSA) is 87.7 Å². The molecular weight excluding hydrogens is 419 g/mol. The molecule has 8 heteroatoms. The van der Waals surface area contributed by atoms with Crippen LogP contribution in [0.15, 0.2) is 67.4 Å². The molecule has 1 fully saturated rings. The summed E-state index contributed by atoms with van der Waals surface area (Å²) in [6, 6.07) is 10.2. The highest BCUT2D eigenvalue weighted by atomic mass is 19.1. The predicted octanol–water partition coefficient (Wildman–Crippen LogP) is 4.01. The molecule has 1 aromatic carbocycles. The van der Waals surface area contributed by atoms with Crippen LogP contribution in [0.2, 0.25) is 0 Å². The van der Waals surface area contributed by atoms with Crippen molar-refractivity contribution in [2.24, 2.45) is 0 Å². The van der Waals surface area contributed by atoms with Crippen molar-refractivity contribution in [3.63, 3.8) is 0 Å². The minimum absolute atomic E-state index is 0.0620. The van der Waals surface area contributed by atoms with Gasteiger partial charge in [-0.1, -0.05) is 18.2 Å². The summed E-state index contributed by atoms with van der Waals surface area (Å²) in [6.45, 7) is 1.24. The number of rotatable bonds is 5. The molecule has 0 aliphatic carbocycles. The zero-order valence-corrected chi connectivity index (χ0v) is 18.0. The standard InChI is InChI=1S/C25H23FN6O/c26-21-6-2-1-4-17(21)14-20-8-7-18(15-31-20)25(33)32-13-3-5-19(16-32)22-23(28-10-9-27-22)24-29-11-12-30-24/h1-2,4,6-12,15,19H,3,5,13-14,16H2,(H,29,30). The highest BCUT2D eigenvalue weighted by Crippen LogP contribution is 2.31. The van der Waals surface area contributed by atoms with E-state index in [4.69, 9.17) is 0 Å². The molecule has 1 saturated heterocycles. The van der Waals surface area contributed by atoms with Crippen LogP contribution in [-0.4, -0.2) is 48.8 Å². The van der Waals surface area contributed by atoms with E-state index >= 15 is 0 Å². The largest absolute Gasteiger partial charge is 0.343 e. The second kappa shape index (κ2) is 9.28. The summed E-state index contributed by atoms with van der Waals surface area (Å²) < 4.78 is 13.9. The normalized spacial score (nSPS) is 16.0. The van der Waals surface area contributed by atoms with E-state index in [1.807, 2.05) is 4.90 Å². The Labute approximate surface area is 190 Å². The van der Waals surface area contributed by atoms with Gasteiger partial charge < -0.3 is 9.88 Å². The van der Waals surface area contributed by atoms with Gasteiger partial charge >= 0.3 is 0 Å². The number of amides is 1. The van der Waals surface area contributed by atoms with Crippen molar-refractivity contribution in [1.82, 2.24) is 29.8 Å². The van der Waals surface area contributed by atoms with Gasteiger partial charge in [0.05, 0.1) is 11.3 Å². The maximum Gasteiger partial charge on any atom is 0.255 e. The smallest absolute Gasteiger partial charge is 0.255 e. The third-order valence-electron chi connectivity index (χ3n) is 5.95. The molecule has 4 heterocycles. The average molecular weight is 442 g/mol. The van der Waals surface area contributed by atoms with Crippen molar-refractivity contribution in [1.29, 1.82) is 0 Å². The number of likely N-dealkylation sites (tertiary alicyclic amines) is 1. The summed E-state index contributed by atoms with van der Waals surface area (Å²) in [5, 5.41) is 0. The number of H-pyrrole nitrogens is 1. The summed E-state index contributed by atoms with van der Waals surface area (Å²) in [4.78, 5) is 35.9. The lowest BCUT2D eigenvalue weighted by molar-refractivity contribution is 0.0705. The first kappa shape index (κ1) is 20.9. The van der Waals surface area contributed by atoms with Gasteiger partial charge in [0.15, 0.2) is 5.82 Å². The van der Waals surface area contributed by atoms with Crippen LogP contribution in [0.4, 0.5) is 4.39 Å². The van der Waals surface area contributed by atoms with Crippen LogP contribution in [0.5, 0.6) is 0 Å². The Balaban J connectivity index is 1.30. The van der Waals surface area contributed by atoms with Gasteiger partial charge in [0.25, 0.3) is 5.91 Å². The number of carbonyl (C=O) groups excluding carboxylic acids is 1. The lowest BCUT2D eigenvalue weighted by Crippen LogP contribution is -2.39. The number of hydrogen-bond acceptors (Lipinski definition) is 5. The number of aromatic nitrogens is 5. The fraction of sp³-hybridized carbons (Fsp3) is 0.240. The summed E-state index contributed by atoms with van der Waals surface area (Å²) in [5.41, 5.74) is 3.40. The van der Waals surface area contributed by atoms with E-state index in [0.29, 0.717) is 36.5 Å². The molecule has 1 amide bonds. The number of piperidine rings is 1. The lowest BCUT2D eigenvalue weighted by Gasteiger charge is -2.33. The van der Waals surface area contributed by atoms with Gasteiger partial charge in [-0.05, 0) is 36.6 Å². The number of benzene rings is 1. The number of imidazole rings is 1. The molecule has 0 saturated carbocycles. The number of nitrogens with zero attached hydrogens (tertiary/aromatic N) is 5. The van der Waals surface area contributed by atoms with Gasteiger partial charge in [0.1, 0.15) is 11.5 Å². The molecule has 3 aromatic heterocycles. The molecule has 4 aromatic rings. The van der Waals surface area contributed by atoms with Crippen molar-refractivity contribution in [2.45, 2.75) is 25.2 Å². The zero-order chi connectivity index (χ0) is 22.6. The molecule has 1 N–H and O–H groups in total. The maximum absolute atomic E-state index is 13.9. The predicted molar refractivity (Wildman–Crippen MR) is 121 cm³/mol. The van der Waals surface area contributed by atoms with Crippen LogP contribution in [-0.2, 0) is 6.42 Å². The van der Waals surface area contributed by atoms with E-state index < -0.39 is 0 Å². The summed E-state index contributed by atoms with van der Waals surface area (Å²) in [5.74, 6) is 0.436. The minimum atomic E-state index is -0.253. The van der Waals surface area contributed by atoms with Gasteiger partial charge in [0.2, 0.25) is 0 Å². The van der Waals surface area contributed by atoms with Gasteiger partial charge in [-0.3, -0.25) is 14.8 Å². The quantitative estimate of drug-likeness (QED) is 0.505. The lowest BCUT2D eigenvalue weighted by atomic mass is 9.92. The SMILES string of the molecule is O=C(c1ccc(Cc2ccccc2F)nc1)N1CCCC(c2nccnc2-c2ncc[nH]2)C1. The Hall–Kier alpha value is -3.94. The van der Waals surface area contributed by atoms with E-state index in [1.165, 1.54) is 6.07 Å². The van der Waals surface area contributed by atoms with Gasteiger partial charge in [0, 0.05) is 62.1 Å². The fourth-order valence-corrected chi connectivity index (χ4v) is 4.28.